The van der Waals surface area contributed by atoms with Gasteiger partial charge >= 0.3 is 0 Å². The first kappa shape index (κ1) is 16.0. The molecule has 0 saturated carbocycles. The van der Waals surface area contributed by atoms with Crippen molar-refractivity contribution in [2.24, 2.45) is 11.3 Å². The summed E-state index contributed by atoms with van der Waals surface area (Å²) < 4.78 is 0. The maximum absolute atomic E-state index is 12.0. The van der Waals surface area contributed by atoms with Gasteiger partial charge in [0.05, 0.1) is 0 Å². The molecule has 0 bridgehead atoms. The second-order valence-corrected chi connectivity index (χ2v) is 6.12. The van der Waals surface area contributed by atoms with Crippen LogP contribution in [0.15, 0.2) is 0 Å². The maximum Gasteiger partial charge on any atom is 0.144 e. The SMILES string of the molecule is CC(=O)C1CC(C(C)=O)(C(C)=O)CN(C(C)C)C1C. The lowest BCUT2D eigenvalue weighted by molar-refractivity contribution is -0.148. The van der Waals surface area contributed by atoms with Crippen molar-refractivity contribution in [1.82, 2.24) is 4.90 Å². The van der Waals surface area contributed by atoms with Gasteiger partial charge in [0.15, 0.2) is 0 Å². The molecule has 4 nitrogen and oxygen atoms in total. The van der Waals surface area contributed by atoms with Crippen LogP contribution < -0.4 is 0 Å². The number of hydrogen-bond donors (Lipinski definition) is 0. The van der Waals surface area contributed by atoms with Gasteiger partial charge in [-0.15, -0.1) is 0 Å². The first-order valence-corrected chi connectivity index (χ1v) is 6.91. The van der Waals surface area contributed by atoms with E-state index in [2.05, 4.69) is 4.90 Å². The average Bonchev–Trinajstić information content (AvgIpc) is 2.27. The number of carbonyl (C=O) groups is 3. The fraction of sp³-hybridized carbons (Fsp3) is 0.800. The Labute approximate surface area is 115 Å². The summed E-state index contributed by atoms with van der Waals surface area (Å²) in [6, 6.07) is 0.277. The molecule has 0 N–H and O–H groups in total. The minimum absolute atomic E-state index is 0.0599. The zero-order chi connectivity index (χ0) is 15.0. The summed E-state index contributed by atoms with van der Waals surface area (Å²) in [6.07, 6.45) is 0.359. The monoisotopic (exact) mass is 267 g/mol. The Morgan fingerprint density at radius 1 is 1.11 bits per heavy atom. The van der Waals surface area contributed by atoms with Crippen molar-refractivity contribution < 1.29 is 14.4 Å². The molecule has 0 radical (unpaired) electrons. The van der Waals surface area contributed by atoms with Gasteiger partial charge in [-0.3, -0.25) is 19.3 Å². The highest BCUT2D eigenvalue weighted by Gasteiger charge is 2.51. The van der Waals surface area contributed by atoms with E-state index >= 15 is 0 Å². The van der Waals surface area contributed by atoms with Crippen LogP contribution >= 0.6 is 0 Å². The molecule has 0 spiro atoms. The largest absolute Gasteiger partial charge is 0.300 e. The van der Waals surface area contributed by atoms with Crippen LogP contribution in [0.1, 0.15) is 48.0 Å². The van der Waals surface area contributed by atoms with Crippen molar-refractivity contribution >= 4 is 17.3 Å². The molecule has 2 unspecified atom stereocenters. The Hall–Kier alpha value is -1.03. The van der Waals surface area contributed by atoms with Gasteiger partial charge in [0.1, 0.15) is 22.8 Å². The molecule has 4 heteroatoms. The summed E-state index contributed by atoms with van der Waals surface area (Å²) in [4.78, 5) is 38.1. The van der Waals surface area contributed by atoms with Gasteiger partial charge in [0.25, 0.3) is 0 Å². The van der Waals surface area contributed by atoms with E-state index < -0.39 is 5.41 Å². The first-order chi connectivity index (χ1) is 8.63. The Morgan fingerprint density at radius 2 is 1.58 bits per heavy atom. The second kappa shape index (κ2) is 5.53. The third kappa shape index (κ3) is 2.78. The van der Waals surface area contributed by atoms with E-state index in [1.165, 1.54) is 13.8 Å². The van der Waals surface area contributed by atoms with E-state index in [0.29, 0.717) is 13.0 Å². The minimum Gasteiger partial charge on any atom is -0.300 e. The molecular weight excluding hydrogens is 242 g/mol. The van der Waals surface area contributed by atoms with Gasteiger partial charge in [-0.25, -0.2) is 0 Å². The molecular formula is C15H25NO3. The molecule has 108 valence electrons. The van der Waals surface area contributed by atoms with Gasteiger partial charge < -0.3 is 0 Å². The zero-order valence-corrected chi connectivity index (χ0v) is 12.8. The number of likely N-dealkylation sites (tertiary alicyclic amines) is 1. The molecule has 0 amide bonds. The summed E-state index contributed by atoms with van der Waals surface area (Å²) >= 11 is 0. The molecule has 1 fully saturated rings. The average molecular weight is 267 g/mol. The fourth-order valence-corrected chi connectivity index (χ4v) is 3.19. The van der Waals surface area contributed by atoms with Crippen molar-refractivity contribution in [1.29, 1.82) is 0 Å². The topological polar surface area (TPSA) is 54.5 Å². The van der Waals surface area contributed by atoms with Gasteiger partial charge in [0, 0.05) is 24.5 Å². The quantitative estimate of drug-likeness (QED) is 0.730. The van der Waals surface area contributed by atoms with Crippen LogP contribution in [0.5, 0.6) is 0 Å². The lowest BCUT2D eigenvalue weighted by Gasteiger charge is -2.48. The zero-order valence-electron chi connectivity index (χ0n) is 12.8. The predicted octanol–water partition coefficient (Wildman–Crippen LogP) is 1.86. The Bertz CT molecular complexity index is 386. The Balaban J connectivity index is 3.26. The standard InChI is InChI=1S/C15H25NO3/c1-9(2)16-8-15(12(5)18,13(6)19)7-14(10(16)3)11(4)17/h9-10,14H,7-8H2,1-6H3. The smallest absolute Gasteiger partial charge is 0.144 e. The van der Waals surface area contributed by atoms with E-state index in [0.717, 1.165) is 0 Å². The number of Topliss-reactive ketones (excluding diaryl/α,β-unsaturated/α-hetero) is 3. The number of carbonyl (C=O) groups excluding carboxylic acids is 3. The number of nitrogens with zero attached hydrogens (tertiary/aromatic N) is 1. The van der Waals surface area contributed by atoms with E-state index in [-0.39, 0.29) is 35.4 Å². The normalized spacial score (nSPS) is 27.3. The lowest BCUT2D eigenvalue weighted by atomic mass is 9.67. The van der Waals surface area contributed by atoms with E-state index in [1.807, 2.05) is 20.8 Å². The van der Waals surface area contributed by atoms with E-state index in [4.69, 9.17) is 0 Å². The summed E-state index contributed by atoms with van der Waals surface area (Å²) in [7, 11) is 0. The van der Waals surface area contributed by atoms with Gasteiger partial charge in [-0.1, -0.05) is 0 Å². The molecule has 2 atom stereocenters. The Morgan fingerprint density at radius 3 is 1.89 bits per heavy atom. The van der Waals surface area contributed by atoms with Crippen LogP contribution in [-0.4, -0.2) is 40.9 Å². The van der Waals surface area contributed by atoms with Crippen LogP contribution in [-0.2, 0) is 14.4 Å². The highest BCUT2D eigenvalue weighted by Crippen LogP contribution is 2.39. The van der Waals surface area contributed by atoms with Crippen molar-refractivity contribution in [3.8, 4) is 0 Å². The van der Waals surface area contributed by atoms with E-state index in [1.54, 1.807) is 6.92 Å². The van der Waals surface area contributed by atoms with Crippen LogP contribution in [0.4, 0.5) is 0 Å². The summed E-state index contributed by atoms with van der Waals surface area (Å²) in [5.74, 6) is -0.429. The van der Waals surface area contributed by atoms with Crippen LogP contribution in [0.25, 0.3) is 0 Å². The molecule has 0 aromatic rings. The van der Waals surface area contributed by atoms with Gasteiger partial charge in [0.2, 0.25) is 0 Å². The molecule has 0 aromatic carbocycles. The third-order valence-corrected chi connectivity index (χ3v) is 4.66. The molecule has 1 aliphatic rings. The lowest BCUT2D eigenvalue weighted by Crippen LogP contribution is -2.60. The number of piperidine rings is 1. The van der Waals surface area contributed by atoms with Crippen molar-refractivity contribution in [3.05, 3.63) is 0 Å². The molecule has 19 heavy (non-hydrogen) atoms. The molecule has 1 rings (SSSR count). The summed E-state index contributed by atoms with van der Waals surface area (Å²) in [6.45, 7) is 11.0. The summed E-state index contributed by atoms with van der Waals surface area (Å²) in [5.41, 5.74) is -1.01. The maximum atomic E-state index is 12.0. The first-order valence-electron chi connectivity index (χ1n) is 6.91. The molecule has 1 heterocycles. The summed E-state index contributed by atoms with van der Waals surface area (Å²) in [5, 5.41) is 0. The highest BCUT2D eigenvalue weighted by atomic mass is 16.2. The van der Waals surface area contributed by atoms with Gasteiger partial charge in [-0.2, -0.15) is 0 Å². The predicted molar refractivity (Wildman–Crippen MR) is 73.9 cm³/mol. The Kier molecular flexibility index (Phi) is 4.67. The minimum atomic E-state index is -1.01. The molecule has 0 aromatic heterocycles. The molecule has 0 aliphatic carbocycles. The molecule has 1 saturated heterocycles. The highest BCUT2D eigenvalue weighted by molar-refractivity contribution is 6.06. The van der Waals surface area contributed by atoms with E-state index in [9.17, 15) is 14.4 Å². The van der Waals surface area contributed by atoms with Crippen molar-refractivity contribution in [3.63, 3.8) is 0 Å². The van der Waals surface area contributed by atoms with Crippen LogP contribution in [0.3, 0.4) is 0 Å². The fourth-order valence-electron chi connectivity index (χ4n) is 3.19. The number of rotatable bonds is 4. The number of ketones is 3. The van der Waals surface area contributed by atoms with Crippen LogP contribution in [0, 0.1) is 11.3 Å². The van der Waals surface area contributed by atoms with Crippen molar-refractivity contribution in [2.45, 2.75) is 60.0 Å². The van der Waals surface area contributed by atoms with Gasteiger partial charge in [-0.05, 0) is 48.0 Å². The second-order valence-electron chi connectivity index (χ2n) is 6.12. The van der Waals surface area contributed by atoms with Crippen LogP contribution in [0.2, 0.25) is 0 Å². The number of hydrogen-bond acceptors (Lipinski definition) is 4. The molecule has 1 aliphatic heterocycles. The van der Waals surface area contributed by atoms with Crippen molar-refractivity contribution in [2.75, 3.05) is 6.54 Å². The third-order valence-electron chi connectivity index (χ3n) is 4.66.